The van der Waals surface area contributed by atoms with Gasteiger partial charge in [0.1, 0.15) is 5.82 Å². The molecule has 5 heteroatoms. The average Bonchev–Trinajstić information content (AvgIpc) is 2.72. The largest absolute Gasteiger partial charge is 0.306 e. The van der Waals surface area contributed by atoms with Gasteiger partial charge in [-0.3, -0.25) is 5.10 Å². The van der Waals surface area contributed by atoms with Crippen molar-refractivity contribution in [3.05, 3.63) is 51.5 Å². The minimum atomic E-state index is -0.201. The zero-order valence-corrected chi connectivity index (χ0v) is 11.9. The van der Waals surface area contributed by atoms with E-state index < -0.39 is 0 Å². The Hall–Kier alpha value is -1.20. The lowest BCUT2D eigenvalue weighted by Crippen LogP contribution is -2.19. The zero-order valence-electron chi connectivity index (χ0n) is 10.3. The third kappa shape index (κ3) is 2.97. The molecule has 0 radical (unpaired) electrons. The number of hydrogen-bond acceptors (Lipinski definition) is 2. The molecule has 1 heterocycles. The Balaban J connectivity index is 2.03. The lowest BCUT2D eigenvalue weighted by atomic mass is 10.1. The van der Waals surface area contributed by atoms with Crippen LogP contribution in [0, 0.1) is 12.7 Å². The van der Waals surface area contributed by atoms with Crippen LogP contribution >= 0.6 is 15.9 Å². The Morgan fingerprint density at radius 3 is 2.89 bits per heavy atom. The van der Waals surface area contributed by atoms with E-state index in [-0.39, 0.29) is 11.9 Å². The summed E-state index contributed by atoms with van der Waals surface area (Å²) < 4.78 is 14.5. The molecule has 18 heavy (non-hydrogen) atoms. The maximum absolute atomic E-state index is 13.8. The third-order valence-corrected chi connectivity index (χ3v) is 3.46. The first-order valence-corrected chi connectivity index (χ1v) is 6.54. The van der Waals surface area contributed by atoms with Crippen molar-refractivity contribution in [3.63, 3.8) is 0 Å². The van der Waals surface area contributed by atoms with Crippen LogP contribution in [0.1, 0.15) is 29.8 Å². The minimum absolute atomic E-state index is 0.0487. The van der Waals surface area contributed by atoms with Crippen molar-refractivity contribution < 1.29 is 4.39 Å². The molecule has 1 unspecified atom stereocenters. The molecule has 3 nitrogen and oxygen atoms in total. The highest BCUT2D eigenvalue weighted by atomic mass is 79.9. The van der Waals surface area contributed by atoms with Gasteiger partial charge in [-0.05, 0) is 26.0 Å². The first-order chi connectivity index (χ1) is 8.58. The summed E-state index contributed by atoms with van der Waals surface area (Å²) in [5.41, 5.74) is 2.80. The number of nitrogens with zero attached hydrogens (tertiary/aromatic N) is 1. The molecule has 0 aliphatic rings. The topological polar surface area (TPSA) is 40.7 Å². The minimum Gasteiger partial charge on any atom is -0.306 e. The second kappa shape index (κ2) is 5.63. The lowest BCUT2D eigenvalue weighted by molar-refractivity contribution is 0.527. The zero-order chi connectivity index (χ0) is 13.1. The fourth-order valence-corrected chi connectivity index (χ4v) is 2.11. The molecular formula is C13H15BrFN3. The molecule has 0 aliphatic heterocycles. The second-order valence-electron chi connectivity index (χ2n) is 4.29. The van der Waals surface area contributed by atoms with Gasteiger partial charge in [-0.25, -0.2) is 4.39 Å². The van der Waals surface area contributed by atoms with E-state index in [1.807, 2.05) is 19.9 Å². The highest BCUT2D eigenvalue weighted by molar-refractivity contribution is 9.10. The summed E-state index contributed by atoms with van der Waals surface area (Å²) in [5, 5.41) is 10.1. The smallest absolute Gasteiger partial charge is 0.129 e. The number of H-pyrrole nitrogens is 1. The number of nitrogens with one attached hydrogen (secondary N) is 2. The Morgan fingerprint density at radius 1 is 1.50 bits per heavy atom. The van der Waals surface area contributed by atoms with Crippen molar-refractivity contribution in [2.45, 2.75) is 26.4 Å². The van der Waals surface area contributed by atoms with Crippen molar-refractivity contribution in [3.8, 4) is 0 Å². The van der Waals surface area contributed by atoms with Crippen LogP contribution < -0.4 is 5.32 Å². The van der Waals surface area contributed by atoms with Gasteiger partial charge < -0.3 is 5.32 Å². The predicted molar refractivity (Wildman–Crippen MR) is 72.7 cm³/mol. The lowest BCUT2D eigenvalue weighted by Gasteiger charge is -2.15. The maximum Gasteiger partial charge on any atom is 0.129 e. The van der Waals surface area contributed by atoms with Gasteiger partial charge in [-0.1, -0.05) is 22.0 Å². The van der Waals surface area contributed by atoms with Gasteiger partial charge in [0.15, 0.2) is 0 Å². The summed E-state index contributed by atoms with van der Waals surface area (Å²) in [5.74, 6) is -0.201. The number of hydrogen-bond donors (Lipinski definition) is 2. The molecule has 96 valence electrons. The molecule has 2 rings (SSSR count). The Kier molecular flexibility index (Phi) is 4.14. The van der Waals surface area contributed by atoms with Crippen molar-refractivity contribution in [2.75, 3.05) is 0 Å². The standard InChI is InChI=1S/C13H15BrFN3/c1-8-10(7-17-18-8)6-16-9(2)12-4-3-11(14)5-13(12)15/h3-5,7,9,16H,6H2,1-2H3,(H,17,18). The number of aromatic amines is 1. The summed E-state index contributed by atoms with van der Waals surface area (Å²) in [6.45, 7) is 4.58. The molecule has 0 saturated heterocycles. The Morgan fingerprint density at radius 2 is 2.28 bits per heavy atom. The summed E-state index contributed by atoms with van der Waals surface area (Å²) in [6.07, 6.45) is 1.78. The van der Waals surface area contributed by atoms with Crippen LogP contribution in [0.3, 0.4) is 0 Å². The number of benzene rings is 1. The van der Waals surface area contributed by atoms with Crippen molar-refractivity contribution in [1.82, 2.24) is 15.5 Å². The second-order valence-corrected chi connectivity index (χ2v) is 5.20. The molecule has 0 bridgehead atoms. The van der Waals surface area contributed by atoms with Gasteiger partial charge in [0, 0.05) is 33.9 Å². The first-order valence-electron chi connectivity index (χ1n) is 5.75. The monoisotopic (exact) mass is 311 g/mol. The molecule has 2 N–H and O–H groups in total. The summed E-state index contributed by atoms with van der Waals surface area (Å²) >= 11 is 3.25. The van der Waals surface area contributed by atoms with Crippen molar-refractivity contribution in [2.24, 2.45) is 0 Å². The van der Waals surface area contributed by atoms with Crippen LogP contribution in [0.4, 0.5) is 4.39 Å². The molecule has 0 spiro atoms. The summed E-state index contributed by atoms with van der Waals surface area (Å²) in [4.78, 5) is 0. The summed E-state index contributed by atoms with van der Waals surface area (Å²) in [7, 11) is 0. The number of aromatic nitrogens is 2. The molecule has 0 amide bonds. The van der Waals surface area contributed by atoms with E-state index in [1.165, 1.54) is 6.07 Å². The fourth-order valence-electron chi connectivity index (χ4n) is 1.78. The SMILES string of the molecule is Cc1[nH]ncc1CNC(C)c1ccc(Br)cc1F. The number of rotatable bonds is 4. The normalized spacial score (nSPS) is 12.7. The molecular weight excluding hydrogens is 297 g/mol. The molecule has 1 aromatic carbocycles. The molecule has 0 aliphatic carbocycles. The number of aryl methyl sites for hydroxylation is 1. The van der Waals surface area contributed by atoms with Crippen LogP contribution in [0.25, 0.3) is 0 Å². The van der Waals surface area contributed by atoms with E-state index >= 15 is 0 Å². The maximum atomic E-state index is 13.8. The van der Waals surface area contributed by atoms with Crippen LogP contribution in [0.5, 0.6) is 0 Å². The highest BCUT2D eigenvalue weighted by Gasteiger charge is 2.11. The van der Waals surface area contributed by atoms with Crippen LogP contribution in [0.2, 0.25) is 0 Å². The molecule has 0 fully saturated rings. The molecule has 1 atom stereocenters. The van der Waals surface area contributed by atoms with E-state index in [2.05, 4.69) is 31.4 Å². The summed E-state index contributed by atoms with van der Waals surface area (Å²) in [6, 6.07) is 5.07. The average molecular weight is 312 g/mol. The van der Waals surface area contributed by atoms with Crippen molar-refractivity contribution >= 4 is 15.9 Å². The van der Waals surface area contributed by atoms with E-state index in [1.54, 1.807) is 12.3 Å². The predicted octanol–water partition coefficient (Wildman–Crippen LogP) is 3.47. The molecule has 0 saturated carbocycles. The van der Waals surface area contributed by atoms with E-state index in [4.69, 9.17) is 0 Å². The van der Waals surface area contributed by atoms with E-state index in [0.29, 0.717) is 12.1 Å². The van der Waals surface area contributed by atoms with E-state index in [9.17, 15) is 4.39 Å². The van der Waals surface area contributed by atoms with Gasteiger partial charge >= 0.3 is 0 Å². The van der Waals surface area contributed by atoms with Gasteiger partial charge in [0.25, 0.3) is 0 Å². The van der Waals surface area contributed by atoms with Crippen molar-refractivity contribution in [1.29, 1.82) is 0 Å². The Bertz CT molecular complexity index is 539. The quantitative estimate of drug-likeness (QED) is 0.907. The fraction of sp³-hybridized carbons (Fsp3) is 0.308. The first kappa shape index (κ1) is 13.2. The third-order valence-electron chi connectivity index (χ3n) is 2.96. The van der Waals surface area contributed by atoms with Crippen LogP contribution in [-0.4, -0.2) is 10.2 Å². The van der Waals surface area contributed by atoms with E-state index in [0.717, 1.165) is 15.7 Å². The van der Waals surface area contributed by atoms with Gasteiger partial charge in [-0.2, -0.15) is 5.10 Å². The van der Waals surface area contributed by atoms with Gasteiger partial charge in [0.2, 0.25) is 0 Å². The number of halogens is 2. The van der Waals surface area contributed by atoms with Gasteiger partial charge in [0.05, 0.1) is 6.20 Å². The highest BCUT2D eigenvalue weighted by Crippen LogP contribution is 2.21. The van der Waals surface area contributed by atoms with Gasteiger partial charge in [-0.15, -0.1) is 0 Å². The molecule has 2 aromatic rings. The molecule has 1 aromatic heterocycles. The van der Waals surface area contributed by atoms with Crippen LogP contribution in [0.15, 0.2) is 28.9 Å². The Labute approximate surface area is 114 Å². The van der Waals surface area contributed by atoms with Crippen LogP contribution in [-0.2, 0) is 6.54 Å².